The van der Waals surface area contributed by atoms with E-state index in [9.17, 15) is 0 Å². The van der Waals surface area contributed by atoms with Crippen LogP contribution in [0.3, 0.4) is 0 Å². The molecule has 0 nitrogen and oxygen atoms in total. The summed E-state index contributed by atoms with van der Waals surface area (Å²) >= 11 is 10.8. The largest absolute Gasteiger partial charge is 0.0762 e. The van der Waals surface area contributed by atoms with Crippen LogP contribution in [0.4, 0.5) is 0 Å². The van der Waals surface area contributed by atoms with Crippen LogP contribution in [0.25, 0.3) is 0 Å². The van der Waals surface area contributed by atoms with Gasteiger partial charge in [-0.1, -0.05) is 0 Å². The highest BCUT2D eigenvalue weighted by molar-refractivity contribution is 14.1. The molecule has 0 aliphatic carbocycles. The monoisotopic (exact) mass is 436 g/mol. The van der Waals surface area contributed by atoms with E-state index >= 15 is 0 Å². The molecule has 0 fully saturated rings. The Hall–Kier alpha value is 2.16. The maximum atomic E-state index is 3.25. The number of hydrogen-bond donors (Lipinski definition) is 0. The SMILES string of the molecule is BrC(I)=C(Br)I. The van der Waals surface area contributed by atoms with Crippen molar-refractivity contribution in [3.05, 3.63) is 4.98 Å². The lowest BCUT2D eigenvalue weighted by Gasteiger charge is -1.78. The molecule has 0 rings (SSSR count). The highest BCUT2D eigenvalue weighted by atomic mass is 127. The zero-order chi connectivity index (χ0) is 5.15. The normalized spacial score (nSPS) is 14.0. The lowest BCUT2D eigenvalue weighted by molar-refractivity contribution is 2.56. The second-order valence-electron chi connectivity index (χ2n) is 0.521. The van der Waals surface area contributed by atoms with Gasteiger partial charge in [0.05, 0.1) is 4.98 Å². The van der Waals surface area contributed by atoms with E-state index in [1.54, 1.807) is 0 Å². The van der Waals surface area contributed by atoms with Gasteiger partial charge in [0, 0.05) is 0 Å². The lowest BCUT2D eigenvalue weighted by Crippen LogP contribution is -1.42. The fourth-order valence-electron chi connectivity index (χ4n) is 0. The van der Waals surface area contributed by atoms with Gasteiger partial charge in [-0.15, -0.1) is 0 Å². The average Bonchev–Trinajstić information content (AvgIpc) is 1.36. The van der Waals surface area contributed by atoms with E-state index in [0.29, 0.717) is 0 Å². The molecule has 0 saturated heterocycles. The quantitative estimate of drug-likeness (QED) is 0.506. The molecule has 36 valence electrons. The van der Waals surface area contributed by atoms with Crippen LogP contribution in [-0.2, 0) is 0 Å². The Balaban J connectivity index is 3.68. The van der Waals surface area contributed by atoms with Gasteiger partial charge in [0.1, 0.15) is 0 Å². The Morgan fingerprint density at radius 3 is 1.17 bits per heavy atom. The van der Waals surface area contributed by atoms with Gasteiger partial charge in [0.15, 0.2) is 0 Å². The molecule has 0 bridgehead atoms. The maximum absolute atomic E-state index is 3.25. The van der Waals surface area contributed by atoms with Gasteiger partial charge < -0.3 is 0 Å². The van der Waals surface area contributed by atoms with Gasteiger partial charge in [-0.3, -0.25) is 0 Å². The third kappa shape index (κ3) is 4.32. The molecule has 0 aliphatic rings. The summed E-state index contributed by atoms with van der Waals surface area (Å²) in [7, 11) is 0. The minimum atomic E-state index is 1.11. The van der Waals surface area contributed by atoms with Crippen molar-refractivity contribution in [3.63, 3.8) is 0 Å². The Bertz CT molecular complexity index is 59.6. The van der Waals surface area contributed by atoms with Crippen molar-refractivity contribution < 1.29 is 0 Å². The molecule has 0 aromatic rings. The summed E-state index contributed by atoms with van der Waals surface area (Å²) in [5, 5.41) is 0. The van der Waals surface area contributed by atoms with Crippen molar-refractivity contribution in [2.45, 2.75) is 0 Å². The fraction of sp³-hybridized carbons (Fsp3) is 0. The van der Waals surface area contributed by atoms with Crippen LogP contribution < -0.4 is 0 Å². The fourth-order valence-corrected chi connectivity index (χ4v) is 0. The van der Waals surface area contributed by atoms with Crippen molar-refractivity contribution >= 4 is 77.0 Å². The van der Waals surface area contributed by atoms with Gasteiger partial charge in [0.25, 0.3) is 0 Å². The van der Waals surface area contributed by atoms with E-state index in [-0.39, 0.29) is 0 Å². The smallest absolute Gasteiger partial charge is 0.0419 e. The average molecular weight is 438 g/mol. The predicted molar refractivity (Wildman–Crippen MR) is 52.9 cm³/mol. The molecule has 0 aromatic heterocycles. The van der Waals surface area contributed by atoms with Crippen molar-refractivity contribution in [2.75, 3.05) is 0 Å². The first-order valence-corrected chi connectivity index (χ1v) is 4.75. The third-order valence-electron chi connectivity index (χ3n) is 0.143. The van der Waals surface area contributed by atoms with E-state index in [1.165, 1.54) is 0 Å². The Morgan fingerprint density at radius 2 is 1.17 bits per heavy atom. The Kier molecular flexibility index (Phi) is 5.55. The molecule has 0 N–H and O–H groups in total. The second kappa shape index (κ2) is 4.08. The van der Waals surface area contributed by atoms with Crippen LogP contribution in [0.15, 0.2) is 4.98 Å². The lowest BCUT2D eigenvalue weighted by atomic mass is 11.3. The summed E-state index contributed by atoms with van der Waals surface area (Å²) in [4.78, 5) is 0. The molecule has 0 atom stereocenters. The topological polar surface area (TPSA) is 0 Å². The molecule has 0 amide bonds. The molecule has 0 radical (unpaired) electrons. The maximum Gasteiger partial charge on any atom is 0.0762 e. The van der Waals surface area contributed by atoms with Crippen molar-refractivity contribution in [1.82, 2.24) is 0 Å². The first-order chi connectivity index (χ1) is 2.64. The summed E-state index contributed by atoms with van der Waals surface area (Å²) < 4.78 is 2.22. The van der Waals surface area contributed by atoms with Gasteiger partial charge in [0.2, 0.25) is 0 Å². The molecular formula is C2Br2I2. The van der Waals surface area contributed by atoms with Gasteiger partial charge >= 0.3 is 0 Å². The van der Waals surface area contributed by atoms with Gasteiger partial charge in [-0.25, -0.2) is 0 Å². The minimum absolute atomic E-state index is 1.11. The summed E-state index contributed by atoms with van der Waals surface area (Å²) in [6.07, 6.45) is 0. The van der Waals surface area contributed by atoms with E-state index < -0.39 is 0 Å². The van der Waals surface area contributed by atoms with Crippen LogP contribution >= 0.6 is 77.0 Å². The van der Waals surface area contributed by atoms with Crippen molar-refractivity contribution in [3.8, 4) is 0 Å². The summed E-state index contributed by atoms with van der Waals surface area (Å²) in [5.74, 6) is 0. The molecular weight excluding hydrogens is 438 g/mol. The highest BCUT2D eigenvalue weighted by Gasteiger charge is 1.85. The van der Waals surface area contributed by atoms with E-state index in [1.807, 2.05) is 0 Å². The summed E-state index contributed by atoms with van der Waals surface area (Å²) in [6.45, 7) is 0. The predicted octanol–water partition coefficient (Wildman–Crippen LogP) is 3.77. The molecule has 0 heterocycles. The molecule has 0 aliphatic heterocycles. The summed E-state index contributed by atoms with van der Waals surface area (Å²) in [6, 6.07) is 0. The Labute approximate surface area is 80.7 Å². The van der Waals surface area contributed by atoms with Crippen LogP contribution in [-0.4, -0.2) is 0 Å². The molecule has 0 unspecified atom stereocenters. The van der Waals surface area contributed by atoms with E-state index in [0.717, 1.165) is 4.98 Å². The van der Waals surface area contributed by atoms with Crippen molar-refractivity contribution in [2.24, 2.45) is 0 Å². The molecule has 6 heavy (non-hydrogen) atoms. The summed E-state index contributed by atoms with van der Waals surface area (Å²) in [5.41, 5.74) is 0. The Morgan fingerprint density at radius 1 is 1.00 bits per heavy atom. The van der Waals surface area contributed by atoms with Gasteiger partial charge in [-0.05, 0) is 77.0 Å². The molecule has 4 heteroatoms. The molecule has 0 aromatic carbocycles. The first kappa shape index (κ1) is 8.16. The van der Waals surface area contributed by atoms with Crippen molar-refractivity contribution in [1.29, 1.82) is 0 Å². The van der Waals surface area contributed by atoms with Crippen LogP contribution in [0.2, 0.25) is 0 Å². The zero-order valence-electron chi connectivity index (χ0n) is 2.51. The van der Waals surface area contributed by atoms with E-state index in [2.05, 4.69) is 77.0 Å². The zero-order valence-corrected chi connectivity index (χ0v) is 10.00. The third-order valence-corrected chi connectivity index (χ3v) is 5.06. The molecule has 0 spiro atoms. The second-order valence-corrected chi connectivity index (χ2v) is 7.23. The highest BCUT2D eigenvalue weighted by Crippen LogP contribution is 2.28. The van der Waals surface area contributed by atoms with Crippen LogP contribution in [0.1, 0.15) is 0 Å². The van der Waals surface area contributed by atoms with Gasteiger partial charge in [-0.2, -0.15) is 0 Å². The number of rotatable bonds is 0. The minimum Gasteiger partial charge on any atom is -0.0419 e. The van der Waals surface area contributed by atoms with Crippen LogP contribution in [0.5, 0.6) is 0 Å². The first-order valence-electron chi connectivity index (χ1n) is 1.01. The number of halogens is 4. The standard InChI is InChI=1S/C2Br2I2/c3-1(5)2(4)6. The van der Waals surface area contributed by atoms with Crippen LogP contribution in [0, 0.1) is 0 Å². The van der Waals surface area contributed by atoms with E-state index in [4.69, 9.17) is 0 Å². The number of hydrogen-bond acceptors (Lipinski definition) is 0. The molecule has 0 saturated carbocycles.